The van der Waals surface area contributed by atoms with Crippen LogP contribution < -0.4 is 15.5 Å². The van der Waals surface area contributed by atoms with E-state index in [1.165, 1.54) is 16.2 Å². The van der Waals surface area contributed by atoms with Crippen molar-refractivity contribution in [1.29, 1.82) is 5.26 Å². The molecule has 2 aromatic rings. The summed E-state index contributed by atoms with van der Waals surface area (Å²) in [5.74, 6) is -1.30. The number of nitrogens with zero attached hydrogens (tertiary/aromatic N) is 2. The van der Waals surface area contributed by atoms with Crippen molar-refractivity contribution >= 4 is 34.6 Å². The van der Waals surface area contributed by atoms with Crippen LogP contribution in [0.5, 0.6) is 0 Å². The van der Waals surface area contributed by atoms with Crippen molar-refractivity contribution in [3.8, 4) is 16.5 Å². The van der Waals surface area contributed by atoms with Gasteiger partial charge < -0.3 is 20.3 Å². The van der Waals surface area contributed by atoms with Crippen LogP contribution in [0.4, 0.5) is 5.69 Å². The molecule has 0 radical (unpaired) electrons. The minimum absolute atomic E-state index is 0.284. The first-order valence-corrected chi connectivity index (χ1v) is 10.9. The lowest BCUT2D eigenvalue weighted by molar-refractivity contribution is -0.132. The molecule has 4 rings (SSSR count). The predicted molar refractivity (Wildman–Crippen MR) is 116 cm³/mol. The molecule has 2 aliphatic heterocycles. The number of thiophene rings is 1. The summed E-state index contributed by atoms with van der Waals surface area (Å²) in [6.45, 7) is 1.76. The summed E-state index contributed by atoms with van der Waals surface area (Å²) in [5, 5.41) is 15.4. The zero-order valence-electron chi connectivity index (χ0n) is 17.0. The molecular formula is C22H22N4O4S. The Balaban J connectivity index is 1.44. The Morgan fingerprint density at radius 2 is 2.23 bits per heavy atom. The molecule has 9 heteroatoms. The molecule has 1 aromatic heterocycles. The number of amides is 2. The SMILES string of the molecule is CN1C(=O)C(=O)c2ccc(-c3ccc(C[C@@H](C#N)NC(=O)C4CNCCCO4)s3)cc21. The highest BCUT2D eigenvalue weighted by Gasteiger charge is 2.33. The summed E-state index contributed by atoms with van der Waals surface area (Å²) in [6, 6.07) is 10.7. The number of carbonyl (C=O) groups excluding carboxylic acids is 3. The number of likely N-dealkylation sites (N-methyl/N-ethyl adjacent to an activating group) is 1. The quantitative estimate of drug-likeness (QED) is 0.685. The Morgan fingerprint density at radius 3 is 3.03 bits per heavy atom. The molecule has 2 amide bonds. The molecule has 31 heavy (non-hydrogen) atoms. The number of hydrogen-bond acceptors (Lipinski definition) is 7. The molecule has 1 saturated heterocycles. The van der Waals surface area contributed by atoms with Crippen molar-refractivity contribution in [3.63, 3.8) is 0 Å². The van der Waals surface area contributed by atoms with Crippen LogP contribution in [-0.4, -0.2) is 56.5 Å². The fraction of sp³-hybridized carbons (Fsp3) is 0.364. The summed E-state index contributed by atoms with van der Waals surface area (Å²) in [4.78, 5) is 39.6. The van der Waals surface area contributed by atoms with Gasteiger partial charge in [0.05, 0.1) is 17.3 Å². The van der Waals surface area contributed by atoms with Crippen molar-refractivity contribution in [3.05, 3.63) is 40.8 Å². The molecule has 3 heterocycles. The summed E-state index contributed by atoms with van der Waals surface area (Å²) in [7, 11) is 1.59. The molecule has 1 aromatic carbocycles. The fourth-order valence-corrected chi connectivity index (χ4v) is 4.70. The van der Waals surface area contributed by atoms with Gasteiger partial charge in [-0.3, -0.25) is 14.4 Å². The smallest absolute Gasteiger partial charge is 0.299 e. The number of nitrogens with one attached hydrogen (secondary N) is 2. The normalized spacial score (nSPS) is 19.5. The van der Waals surface area contributed by atoms with E-state index in [4.69, 9.17) is 4.74 Å². The molecule has 2 aliphatic rings. The Labute approximate surface area is 183 Å². The minimum atomic E-state index is -0.660. The Bertz CT molecular complexity index is 1070. The van der Waals surface area contributed by atoms with E-state index in [0.29, 0.717) is 30.8 Å². The number of benzene rings is 1. The average Bonchev–Trinajstić information content (AvgIpc) is 3.18. The zero-order chi connectivity index (χ0) is 22.0. The second-order valence-corrected chi connectivity index (χ2v) is 8.67. The van der Waals surface area contributed by atoms with Crippen LogP contribution in [0.25, 0.3) is 10.4 Å². The van der Waals surface area contributed by atoms with Gasteiger partial charge in [-0.05, 0) is 42.8 Å². The van der Waals surface area contributed by atoms with Gasteiger partial charge in [-0.1, -0.05) is 6.07 Å². The first-order valence-electron chi connectivity index (χ1n) is 10.1. The van der Waals surface area contributed by atoms with E-state index in [9.17, 15) is 19.6 Å². The van der Waals surface area contributed by atoms with Gasteiger partial charge in [-0.25, -0.2) is 0 Å². The number of rotatable bonds is 5. The molecular weight excluding hydrogens is 416 g/mol. The van der Waals surface area contributed by atoms with E-state index >= 15 is 0 Å². The molecule has 1 fully saturated rings. The Morgan fingerprint density at radius 1 is 1.39 bits per heavy atom. The number of fused-ring (bicyclic) bond motifs is 1. The number of carbonyl (C=O) groups is 3. The molecule has 0 bridgehead atoms. The monoisotopic (exact) mass is 438 g/mol. The highest BCUT2D eigenvalue weighted by Crippen LogP contribution is 2.35. The Hall–Kier alpha value is -3.06. The molecule has 0 saturated carbocycles. The van der Waals surface area contributed by atoms with Crippen LogP contribution in [0.15, 0.2) is 30.3 Å². The van der Waals surface area contributed by atoms with E-state index in [0.717, 1.165) is 28.3 Å². The molecule has 2 atom stereocenters. The highest BCUT2D eigenvalue weighted by molar-refractivity contribution is 7.15. The molecule has 8 nitrogen and oxygen atoms in total. The van der Waals surface area contributed by atoms with Crippen LogP contribution in [-0.2, 0) is 20.7 Å². The van der Waals surface area contributed by atoms with Gasteiger partial charge in [0.15, 0.2) is 0 Å². The van der Waals surface area contributed by atoms with E-state index < -0.39 is 23.8 Å². The summed E-state index contributed by atoms with van der Waals surface area (Å²) < 4.78 is 5.55. The van der Waals surface area contributed by atoms with Crippen LogP contribution in [0, 0.1) is 11.3 Å². The third-order valence-corrected chi connectivity index (χ3v) is 6.52. The van der Waals surface area contributed by atoms with Gasteiger partial charge in [-0.15, -0.1) is 11.3 Å². The van der Waals surface area contributed by atoms with Crippen molar-refractivity contribution in [1.82, 2.24) is 10.6 Å². The zero-order valence-corrected chi connectivity index (χ0v) is 17.8. The maximum atomic E-state index is 12.4. The number of Topliss-reactive ketones (excluding diaryl/α,β-unsaturated/α-hetero) is 1. The van der Waals surface area contributed by atoms with Crippen LogP contribution in [0.2, 0.25) is 0 Å². The minimum Gasteiger partial charge on any atom is -0.367 e. The number of ether oxygens (including phenoxy) is 1. The summed E-state index contributed by atoms with van der Waals surface area (Å²) >= 11 is 1.51. The maximum Gasteiger partial charge on any atom is 0.299 e. The van der Waals surface area contributed by atoms with Crippen LogP contribution in [0.1, 0.15) is 21.7 Å². The summed E-state index contributed by atoms with van der Waals surface area (Å²) in [5.41, 5.74) is 1.90. The first-order chi connectivity index (χ1) is 15.0. The highest BCUT2D eigenvalue weighted by atomic mass is 32.1. The number of hydrogen-bond donors (Lipinski definition) is 2. The summed E-state index contributed by atoms with van der Waals surface area (Å²) in [6.07, 6.45) is 0.644. The topological polar surface area (TPSA) is 112 Å². The molecule has 2 N–H and O–H groups in total. The van der Waals surface area contributed by atoms with Crippen LogP contribution >= 0.6 is 11.3 Å². The van der Waals surface area contributed by atoms with E-state index in [1.54, 1.807) is 13.1 Å². The largest absolute Gasteiger partial charge is 0.367 e. The number of anilines is 1. The second-order valence-electron chi connectivity index (χ2n) is 7.50. The third kappa shape index (κ3) is 4.37. The second kappa shape index (κ2) is 8.98. The van der Waals surface area contributed by atoms with Crippen molar-refractivity contribution in [2.45, 2.75) is 25.0 Å². The predicted octanol–water partition coefficient (Wildman–Crippen LogP) is 1.50. The van der Waals surface area contributed by atoms with Gasteiger partial charge in [0, 0.05) is 36.4 Å². The third-order valence-electron chi connectivity index (χ3n) is 5.37. The van der Waals surface area contributed by atoms with Crippen molar-refractivity contribution in [2.75, 3.05) is 31.6 Å². The molecule has 160 valence electrons. The van der Waals surface area contributed by atoms with Gasteiger partial charge in [-0.2, -0.15) is 5.26 Å². The average molecular weight is 439 g/mol. The van der Waals surface area contributed by atoms with E-state index in [-0.39, 0.29) is 5.91 Å². The van der Waals surface area contributed by atoms with Gasteiger partial charge in [0.25, 0.3) is 17.6 Å². The van der Waals surface area contributed by atoms with Crippen molar-refractivity contribution in [2.24, 2.45) is 0 Å². The van der Waals surface area contributed by atoms with Gasteiger partial charge in [0.2, 0.25) is 0 Å². The molecule has 0 aliphatic carbocycles. The lowest BCUT2D eigenvalue weighted by Crippen LogP contribution is -2.46. The molecule has 0 spiro atoms. The maximum absolute atomic E-state index is 12.4. The van der Waals surface area contributed by atoms with Gasteiger partial charge in [0.1, 0.15) is 12.1 Å². The number of nitriles is 1. The standard InChI is InChI=1S/C22H22N4O4S/c1-26-17-9-13(3-5-16(17)20(27)22(26)29)19-6-4-15(31-19)10-14(11-23)25-21(28)18-12-24-7-2-8-30-18/h3-6,9,14,18,24H,2,7-8,10,12H2,1H3,(H,25,28)/t14-,18?/m0/s1. The number of ketones is 1. The molecule has 1 unspecified atom stereocenters. The fourth-order valence-electron chi connectivity index (χ4n) is 3.65. The Kier molecular flexibility index (Phi) is 6.13. The van der Waals surface area contributed by atoms with E-state index in [2.05, 4.69) is 16.7 Å². The first kappa shape index (κ1) is 21.2. The lowest BCUT2D eigenvalue weighted by Gasteiger charge is -2.17. The van der Waals surface area contributed by atoms with Crippen molar-refractivity contribution < 1.29 is 19.1 Å². The van der Waals surface area contributed by atoms with Crippen LogP contribution in [0.3, 0.4) is 0 Å². The van der Waals surface area contributed by atoms with E-state index in [1.807, 2.05) is 24.3 Å². The van der Waals surface area contributed by atoms with Gasteiger partial charge >= 0.3 is 0 Å². The lowest BCUT2D eigenvalue weighted by atomic mass is 10.1.